The Kier molecular flexibility index (Phi) is 11.4. The van der Waals surface area contributed by atoms with Gasteiger partial charge in [-0.15, -0.1) is 0 Å². The lowest BCUT2D eigenvalue weighted by Crippen LogP contribution is -2.29. The van der Waals surface area contributed by atoms with Crippen LogP contribution in [0.15, 0.2) is 30.3 Å². The average molecular weight is 551 g/mol. The normalized spacial score (nSPS) is 29.4. The van der Waals surface area contributed by atoms with Gasteiger partial charge in [0, 0.05) is 0 Å². The first-order valence-corrected chi connectivity index (χ1v) is 17.1. The van der Waals surface area contributed by atoms with E-state index in [4.69, 9.17) is 9.47 Å². The Labute approximate surface area is 243 Å². The fourth-order valence-electron chi connectivity index (χ4n) is 8.43. The van der Waals surface area contributed by atoms with Crippen LogP contribution in [0.25, 0.3) is 0 Å². The zero-order valence-corrected chi connectivity index (χ0v) is 24.9. The van der Waals surface area contributed by atoms with Crippen molar-refractivity contribution in [2.45, 2.75) is 135 Å². The van der Waals surface area contributed by atoms with Gasteiger partial charge in [0.2, 0.25) is 0 Å². The van der Waals surface area contributed by atoms with E-state index < -0.39 is 6.10 Å². The van der Waals surface area contributed by atoms with Crippen LogP contribution in [0.4, 0.5) is 0 Å². The van der Waals surface area contributed by atoms with Crippen molar-refractivity contribution in [3.8, 4) is 0 Å². The zero-order valence-electron chi connectivity index (χ0n) is 24.9. The molecule has 1 aromatic rings. The molecule has 4 aliphatic carbocycles. The third-order valence-electron chi connectivity index (χ3n) is 10.9. The summed E-state index contributed by atoms with van der Waals surface area (Å²) >= 11 is 0. The molecule has 222 valence electrons. The maximum Gasteiger partial charge on any atom is 0.309 e. The maximum atomic E-state index is 13.3. The lowest BCUT2D eigenvalue weighted by Gasteiger charge is -2.32. The fraction of sp³-hybridized carbons (Fsp3) is 0.778. The molecule has 0 N–H and O–H groups in total. The molecule has 1 aromatic carbocycles. The van der Waals surface area contributed by atoms with E-state index in [2.05, 4.69) is 0 Å². The molecule has 0 aliphatic heterocycles. The topological polar surface area (TPSA) is 52.6 Å². The average Bonchev–Trinajstić information content (AvgIpc) is 3.01. The van der Waals surface area contributed by atoms with Crippen molar-refractivity contribution in [2.75, 3.05) is 6.61 Å². The Morgan fingerprint density at radius 1 is 0.575 bits per heavy atom. The van der Waals surface area contributed by atoms with Crippen molar-refractivity contribution in [3.63, 3.8) is 0 Å². The van der Waals surface area contributed by atoms with Gasteiger partial charge in [0.1, 0.15) is 6.61 Å². The molecule has 4 heteroatoms. The van der Waals surface area contributed by atoms with Crippen molar-refractivity contribution in [1.29, 1.82) is 0 Å². The molecule has 5 rings (SSSR count). The van der Waals surface area contributed by atoms with Gasteiger partial charge < -0.3 is 9.47 Å². The van der Waals surface area contributed by atoms with Crippen LogP contribution < -0.4 is 0 Å². The number of esters is 2. The van der Waals surface area contributed by atoms with E-state index in [-0.39, 0.29) is 30.4 Å². The molecule has 0 amide bonds. The van der Waals surface area contributed by atoms with Gasteiger partial charge in [-0.2, -0.15) is 0 Å². The number of ether oxygens (including phenoxy) is 2. The van der Waals surface area contributed by atoms with Crippen molar-refractivity contribution in [3.05, 3.63) is 35.9 Å². The molecule has 0 radical (unpaired) electrons. The van der Waals surface area contributed by atoms with Crippen LogP contribution in [-0.2, 0) is 19.1 Å². The molecule has 4 saturated carbocycles. The van der Waals surface area contributed by atoms with Crippen LogP contribution in [0, 0.1) is 35.5 Å². The summed E-state index contributed by atoms with van der Waals surface area (Å²) in [6.07, 6.45) is 24.6. The highest BCUT2D eigenvalue weighted by molar-refractivity contribution is 5.73. The molecule has 1 atom stereocenters. The molecule has 0 heterocycles. The van der Waals surface area contributed by atoms with Crippen LogP contribution in [0.3, 0.4) is 0 Å². The van der Waals surface area contributed by atoms with E-state index in [1.807, 2.05) is 30.3 Å². The van der Waals surface area contributed by atoms with Crippen LogP contribution in [0.2, 0.25) is 0 Å². The standard InChI is InChI=1S/C36H54O4/c37-35(32-20-16-29(17-21-32)24-27-10-4-1-5-11-27)39-26-34(31-14-8-3-9-15-31)40-36(38)33-22-18-30(19-23-33)25-28-12-6-2-7-13-28/h3,8-9,14-15,27-30,32-34H,1-2,4-7,10-13,16-26H2. The molecule has 0 bridgehead atoms. The van der Waals surface area contributed by atoms with E-state index in [1.54, 1.807) is 0 Å². The van der Waals surface area contributed by atoms with E-state index in [1.165, 1.54) is 77.0 Å². The molecule has 4 fully saturated rings. The predicted octanol–water partition coefficient (Wildman–Crippen LogP) is 9.37. The molecular formula is C36H54O4. The van der Waals surface area contributed by atoms with Gasteiger partial charge in [-0.3, -0.25) is 9.59 Å². The number of rotatable bonds is 10. The summed E-state index contributed by atoms with van der Waals surface area (Å²) in [4.78, 5) is 26.3. The van der Waals surface area contributed by atoms with Crippen molar-refractivity contribution in [2.24, 2.45) is 35.5 Å². The Morgan fingerprint density at radius 2 is 1.02 bits per heavy atom. The minimum absolute atomic E-state index is 0.00540. The minimum atomic E-state index is -0.528. The lowest BCUT2D eigenvalue weighted by molar-refractivity contribution is -0.166. The van der Waals surface area contributed by atoms with Gasteiger partial charge >= 0.3 is 11.9 Å². The number of benzene rings is 1. The molecule has 1 unspecified atom stereocenters. The first-order valence-electron chi connectivity index (χ1n) is 17.1. The second kappa shape index (κ2) is 15.4. The molecule has 0 spiro atoms. The quantitative estimate of drug-likeness (QED) is 0.272. The van der Waals surface area contributed by atoms with Gasteiger partial charge in [0.15, 0.2) is 6.10 Å². The third-order valence-corrected chi connectivity index (χ3v) is 10.9. The van der Waals surface area contributed by atoms with E-state index >= 15 is 0 Å². The number of hydrogen-bond acceptors (Lipinski definition) is 4. The van der Waals surface area contributed by atoms with Gasteiger partial charge in [-0.1, -0.05) is 94.5 Å². The predicted molar refractivity (Wildman–Crippen MR) is 160 cm³/mol. The second-order valence-corrected chi connectivity index (χ2v) is 13.9. The Hall–Kier alpha value is -1.84. The number of hydrogen-bond donors (Lipinski definition) is 0. The summed E-state index contributed by atoms with van der Waals surface area (Å²) in [7, 11) is 0. The number of carbonyl (C=O) groups excluding carboxylic acids is 2. The molecule has 0 saturated heterocycles. The van der Waals surface area contributed by atoms with E-state index in [0.29, 0.717) is 0 Å². The summed E-state index contributed by atoms with van der Waals surface area (Å²) in [5.41, 5.74) is 0.908. The lowest BCUT2D eigenvalue weighted by atomic mass is 9.75. The van der Waals surface area contributed by atoms with E-state index in [9.17, 15) is 9.59 Å². The smallest absolute Gasteiger partial charge is 0.309 e. The number of carbonyl (C=O) groups is 2. The highest BCUT2D eigenvalue weighted by Crippen LogP contribution is 2.39. The highest BCUT2D eigenvalue weighted by Gasteiger charge is 2.33. The first kappa shape index (κ1) is 29.6. The summed E-state index contributed by atoms with van der Waals surface area (Å²) in [6.45, 7) is 0.119. The van der Waals surface area contributed by atoms with Crippen LogP contribution >= 0.6 is 0 Å². The van der Waals surface area contributed by atoms with Crippen LogP contribution in [0.1, 0.15) is 140 Å². The monoisotopic (exact) mass is 550 g/mol. The molecular weight excluding hydrogens is 496 g/mol. The third kappa shape index (κ3) is 8.83. The summed E-state index contributed by atoms with van der Waals surface area (Å²) in [5, 5.41) is 0. The maximum absolute atomic E-state index is 13.3. The van der Waals surface area contributed by atoms with Gasteiger partial charge in [0.05, 0.1) is 11.8 Å². The van der Waals surface area contributed by atoms with Gasteiger partial charge in [-0.05, 0) is 93.4 Å². The molecule has 4 aliphatic rings. The molecule has 0 aromatic heterocycles. The SMILES string of the molecule is O=C(OCC(OC(=O)C1CCC(CC2CCCCC2)CC1)c1ccccc1)C1CCC(CC2CCCCC2)CC1. The first-order chi connectivity index (χ1) is 19.6. The van der Waals surface area contributed by atoms with Crippen LogP contribution in [-0.4, -0.2) is 18.5 Å². The molecule has 4 nitrogen and oxygen atoms in total. The van der Waals surface area contributed by atoms with Crippen molar-refractivity contribution in [1.82, 2.24) is 0 Å². The van der Waals surface area contributed by atoms with Crippen molar-refractivity contribution < 1.29 is 19.1 Å². The Bertz CT molecular complexity index is 885. The Morgan fingerprint density at radius 3 is 1.52 bits per heavy atom. The minimum Gasteiger partial charge on any atom is -0.461 e. The molecule has 40 heavy (non-hydrogen) atoms. The van der Waals surface area contributed by atoms with E-state index in [0.717, 1.165) is 80.6 Å². The zero-order chi connectivity index (χ0) is 27.6. The second-order valence-electron chi connectivity index (χ2n) is 13.9. The van der Waals surface area contributed by atoms with Gasteiger partial charge in [-0.25, -0.2) is 0 Å². The van der Waals surface area contributed by atoms with Crippen molar-refractivity contribution >= 4 is 11.9 Å². The Balaban J connectivity index is 1.07. The fourth-order valence-corrected chi connectivity index (χ4v) is 8.43. The summed E-state index contributed by atoms with van der Waals surface area (Å²) in [6, 6.07) is 9.84. The summed E-state index contributed by atoms with van der Waals surface area (Å²) < 4.78 is 11.9. The van der Waals surface area contributed by atoms with Crippen LogP contribution in [0.5, 0.6) is 0 Å². The summed E-state index contributed by atoms with van der Waals surface area (Å²) in [5.74, 6) is 3.14. The highest BCUT2D eigenvalue weighted by atomic mass is 16.6. The van der Waals surface area contributed by atoms with Gasteiger partial charge in [0.25, 0.3) is 0 Å². The largest absolute Gasteiger partial charge is 0.461 e.